The Balaban J connectivity index is 1.78. The Morgan fingerprint density at radius 3 is 2.90 bits per heavy atom. The van der Waals surface area contributed by atoms with Gasteiger partial charge in [-0.2, -0.15) is 0 Å². The SMILES string of the molecule is CC(Sc1nncn1C1CC1)C(=O)c1cc(F)ccc1F. The standard InChI is InChI=1S/C14H13F2N3OS/c1-8(13(20)11-6-9(15)2-5-12(11)16)21-14-18-17-7-19(14)10-3-4-10/h2,5-8,10H,3-4H2,1H3. The normalized spacial score (nSPS) is 16.0. The van der Waals surface area contributed by atoms with Crippen molar-refractivity contribution in [3.8, 4) is 0 Å². The largest absolute Gasteiger partial charge is 0.306 e. The van der Waals surface area contributed by atoms with E-state index in [0.717, 1.165) is 31.0 Å². The van der Waals surface area contributed by atoms with Crippen molar-refractivity contribution in [3.63, 3.8) is 0 Å². The molecule has 2 aromatic rings. The van der Waals surface area contributed by atoms with Gasteiger partial charge in [0.2, 0.25) is 0 Å². The molecular weight excluding hydrogens is 296 g/mol. The number of aromatic nitrogens is 3. The molecule has 0 bridgehead atoms. The molecule has 0 spiro atoms. The second-order valence-electron chi connectivity index (χ2n) is 5.00. The molecule has 1 fully saturated rings. The zero-order chi connectivity index (χ0) is 15.0. The van der Waals surface area contributed by atoms with Crippen LogP contribution in [0.2, 0.25) is 0 Å². The van der Waals surface area contributed by atoms with E-state index < -0.39 is 22.7 Å². The van der Waals surface area contributed by atoms with Gasteiger partial charge >= 0.3 is 0 Å². The summed E-state index contributed by atoms with van der Waals surface area (Å²) >= 11 is 1.21. The van der Waals surface area contributed by atoms with Gasteiger partial charge in [-0.1, -0.05) is 11.8 Å². The van der Waals surface area contributed by atoms with Gasteiger partial charge in [0.05, 0.1) is 10.8 Å². The van der Waals surface area contributed by atoms with Crippen LogP contribution in [-0.4, -0.2) is 25.8 Å². The van der Waals surface area contributed by atoms with E-state index in [9.17, 15) is 13.6 Å². The van der Waals surface area contributed by atoms with Crippen LogP contribution >= 0.6 is 11.8 Å². The summed E-state index contributed by atoms with van der Waals surface area (Å²) < 4.78 is 28.7. The van der Waals surface area contributed by atoms with Crippen LogP contribution in [0.3, 0.4) is 0 Å². The number of hydrogen-bond acceptors (Lipinski definition) is 4. The topological polar surface area (TPSA) is 47.8 Å². The molecule has 7 heteroatoms. The maximum atomic E-state index is 13.6. The number of nitrogens with zero attached hydrogens (tertiary/aromatic N) is 3. The fraction of sp³-hybridized carbons (Fsp3) is 0.357. The van der Waals surface area contributed by atoms with Crippen LogP contribution < -0.4 is 0 Å². The highest BCUT2D eigenvalue weighted by Gasteiger charge is 2.28. The number of hydrogen-bond donors (Lipinski definition) is 0. The predicted octanol–water partition coefficient (Wildman–Crippen LogP) is 3.25. The summed E-state index contributed by atoms with van der Waals surface area (Å²) in [4.78, 5) is 12.3. The van der Waals surface area contributed by atoms with Gasteiger partial charge in [0.1, 0.15) is 18.0 Å². The van der Waals surface area contributed by atoms with Crippen LogP contribution in [0.1, 0.15) is 36.2 Å². The van der Waals surface area contributed by atoms with Crippen LogP contribution in [0.15, 0.2) is 29.7 Å². The molecule has 0 aliphatic heterocycles. The molecule has 1 aromatic carbocycles. The first-order chi connectivity index (χ1) is 10.1. The smallest absolute Gasteiger partial charge is 0.191 e. The Hall–Kier alpha value is -1.76. The number of rotatable bonds is 5. The lowest BCUT2D eigenvalue weighted by molar-refractivity contribution is 0.0989. The maximum Gasteiger partial charge on any atom is 0.191 e. The molecule has 0 amide bonds. The third-order valence-corrected chi connectivity index (χ3v) is 4.40. The third kappa shape index (κ3) is 2.97. The van der Waals surface area contributed by atoms with E-state index in [-0.39, 0.29) is 5.56 Å². The monoisotopic (exact) mass is 309 g/mol. The van der Waals surface area contributed by atoms with E-state index in [2.05, 4.69) is 10.2 Å². The summed E-state index contributed by atoms with van der Waals surface area (Å²) in [5.74, 6) is -1.79. The molecule has 1 unspecified atom stereocenters. The Morgan fingerprint density at radius 2 is 2.19 bits per heavy atom. The average molecular weight is 309 g/mol. The van der Waals surface area contributed by atoms with Gasteiger partial charge in [0, 0.05) is 6.04 Å². The van der Waals surface area contributed by atoms with Crippen LogP contribution in [0.25, 0.3) is 0 Å². The highest BCUT2D eigenvalue weighted by molar-refractivity contribution is 8.00. The van der Waals surface area contributed by atoms with Crippen molar-refractivity contribution in [2.75, 3.05) is 0 Å². The average Bonchev–Trinajstić information content (AvgIpc) is 3.21. The molecule has 1 aliphatic carbocycles. The quantitative estimate of drug-likeness (QED) is 0.628. The molecule has 3 rings (SSSR count). The first kappa shape index (κ1) is 14.2. The highest BCUT2D eigenvalue weighted by atomic mass is 32.2. The van der Waals surface area contributed by atoms with E-state index in [4.69, 9.17) is 0 Å². The van der Waals surface area contributed by atoms with Crippen molar-refractivity contribution in [3.05, 3.63) is 41.7 Å². The Labute approximate surface area is 124 Å². The number of benzene rings is 1. The number of ketones is 1. The van der Waals surface area contributed by atoms with Gasteiger partial charge in [-0.25, -0.2) is 8.78 Å². The van der Waals surface area contributed by atoms with E-state index in [1.54, 1.807) is 13.3 Å². The number of carbonyl (C=O) groups is 1. The molecular formula is C14H13F2N3OS. The Bertz CT molecular complexity index is 685. The van der Waals surface area contributed by atoms with E-state index in [1.165, 1.54) is 11.8 Å². The molecule has 4 nitrogen and oxygen atoms in total. The van der Waals surface area contributed by atoms with Crippen molar-refractivity contribution in [1.29, 1.82) is 0 Å². The molecule has 21 heavy (non-hydrogen) atoms. The summed E-state index contributed by atoms with van der Waals surface area (Å²) in [6.07, 6.45) is 3.79. The van der Waals surface area contributed by atoms with Crippen LogP contribution in [0.5, 0.6) is 0 Å². The summed E-state index contributed by atoms with van der Waals surface area (Å²) in [5, 5.41) is 7.90. The molecule has 1 heterocycles. The second-order valence-corrected chi connectivity index (χ2v) is 6.31. The lowest BCUT2D eigenvalue weighted by Gasteiger charge is -2.11. The van der Waals surface area contributed by atoms with E-state index in [1.807, 2.05) is 4.57 Å². The van der Waals surface area contributed by atoms with E-state index in [0.29, 0.717) is 11.2 Å². The molecule has 1 aliphatic rings. The van der Waals surface area contributed by atoms with Crippen molar-refractivity contribution in [2.24, 2.45) is 0 Å². The van der Waals surface area contributed by atoms with Gasteiger partial charge in [0.25, 0.3) is 0 Å². The minimum Gasteiger partial charge on any atom is -0.306 e. The van der Waals surface area contributed by atoms with Crippen LogP contribution in [-0.2, 0) is 0 Å². The number of thioether (sulfide) groups is 1. The maximum absolute atomic E-state index is 13.6. The molecule has 0 saturated heterocycles. The first-order valence-corrected chi connectivity index (χ1v) is 7.49. The minimum absolute atomic E-state index is 0.229. The molecule has 110 valence electrons. The lowest BCUT2D eigenvalue weighted by atomic mass is 10.1. The van der Waals surface area contributed by atoms with Crippen LogP contribution in [0, 0.1) is 11.6 Å². The molecule has 0 radical (unpaired) electrons. The number of Topliss-reactive ketones (excluding diaryl/α,β-unsaturated/α-hetero) is 1. The predicted molar refractivity (Wildman–Crippen MR) is 74.3 cm³/mol. The van der Waals surface area contributed by atoms with Crippen molar-refractivity contribution in [1.82, 2.24) is 14.8 Å². The number of halogens is 2. The molecule has 1 atom stereocenters. The highest BCUT2D eigenvalue weighted by Crippen LogP contribution is 2.38. The van der Waals surface area contributed by atoms with Crippen LogP contribution in [0.4, 0.5) is 8.78 Å². The molecule has 1 saturated carbocycles. The van der Waals surface area contributed by atoms with Gasteiger partial charge < -0.3 is 4.57 Å². The molecule has 1 aromatic heterocycles. The first-order valence-electron chi connectivity index (χ1n) is 6.61. The Morgan fingerprint density at radius 1 is 1.43 bits per heavy atom. The second kappa shape index (κ2) is 5.55. The third-order valence-electron chi connectivity index (χ3n) is 3.33. The van der Waals surface area contributed by atoms with Gasteiger partial charge in [-0.15, -0.1) is 10.2 Å². The van der Waals surface area contributed by atoms with Crippen molar-refractivity contribution < 1.29 is 13.6 Å². The number of carbonyl (C=O) groups excluding carboxylic acids is 1. The van der Waals surface area contributed by atoms with Gasteiger partial charge in [-0.3, -0.25) is 4.79 Å². The summed E-state index contributed by atoms with van der Waals surface area (Å²) in [6, 6.07) is 3.29. The zero-order valence-corrected chi connectivity index (χ0v) is 12.1. The van der Waals surface area contributed by atoms with Gasteiger partial charge in [0.15, 0.2) is 10.9 Å². The minimum atomic E-state index is -0.711. The zero-order valence-electron chi connectivity index (χ0n) is 11.3. The summed E-state index contributed by atoms with van der Waals surface area (Å²) in [7, 11) is 0. The summed E-state index contributed by atoms with van der Waals surface area (Å²) in [5.41, 5.74) is -0.229. The van der Waals surface area contributed by atoms with Gasteiger partial charge in [-0.05, 0) is 38.0 Å². The summed E-state index contributed by atoms with van der Waals surface area (Å²) in [6.45, 7) is 1.66. The molecule has 0 N–H and O–H groups in total. The fourth-order valence-electron chi connectivity index (χ4n) is 2.04. The van der Waals surface area contributed by atoms with Crippen molar-refractivity contribution in [2.45, 2.75) is 36.2 Å². The lowest BCUT2D eigenvalue weighted by Crippen LogP contribution is -2.16. The van der Waals surface area contributed by atoms with Crippen molar-refractivity contribution >= 4 is 17.5 Å². The fourth-order valence-corrected chi connectivity index (χ4v) is 3.00. The Kier molecular flexibility index (Phi) is 3.75. The van der Waals surface area contributed by atoms with E-state index >= 15 is 0 Å².